The lowest BCUT2D eigenvalue weighted by Crippen LogP contribution is -2.02. The predicted octanol–water partition coefficient (Wildman–Crippen LogP) is 4.10. The van der Waals surface area contributed by atoms with E-state index in [0.717, 1.165) is 30.4 Å². The first-order chi connectivity index (χ1) is 8.83. The minimum Gasteiger partial charge on any atom is -0.264 e. The predicted molar refractivity (Wildman–Crippen MR) is 71.4 cm³/mol. The van der Waals surface area contributed by atoms with Crippen molar-refractivity contribution in [1.29, 1.82) is 0 Å². The van der Waals surface area contributed by atoms with Crippen LogP contribution >= 0.6 is 0 Å². The number of hydrogen-bond donors (Lipinski definition) is 0. The summed E-state index contributed by atoms with van der Waals surface area (Å²) in [7, 11) is 0. The third-order valence-electron chi connectivity index (χ3n) is 3.33. The summed E-state index contributed by atoms with van der Waals surface area (Å²) in [5.41, 5.74) is 4.69. The Bertz CT molecular complexity index is 587. The molecule has 2 aromatic rings. The Morgan fingerprint density at radius 2 is 2.11 bits per heavy atom. The molecule has 0 N–H and O–H groups in total. The zero-order valence-corrected chi connectivity index (χ0v) is 10.1. The van der Waals surface area contributed by atoms with Gasteiger partial charge in [0, 0.05) is 12.4 Å². The van der Waals surface area contributed by atoms with Crippen LogP contribution in [0.15, 0.2) is 42.7 Å². The quantitative estimate of drug-likeness (QED) is 0.730. The molecule has 3 rings (SSSR count). The summed E-state index contributed by atoms with van der Waals surface area (Å²) in [5, 5.41) is 0. The molecule has 1 aliphatic rings. The van der Waals surface area contributed by atoms with E-state index in [1.165, 1.54) is 11.1 Å². The average Bonchev–Trinajstić information content (AvgIpc) is 2.40. The zero-order chi connectivity index (χ0) is 12.4. The largest absolute Gasteiger partial charge is 0.264 e. The van der Waals surface area contributed by atoms with Gasteiger partial charge in [0.25, 0.3) is 0 Å². The van der Waals surface area contributed by atoms with Crippen LogP contribution in [0.1, 0.15) is 29.5 Å². The van der Waals surface area contributed by atoms with Crippen LogP contribution in [0.25, 0.3) is 11.6 Å². The van der Waals surface area contributed by atoms with E-state index < -0.39 is 0 Å². The summed E-state index contributed by atoms with van der Waals surface area (Å²) >= 11 is 0. The SMILES string of the molecule is Fc1ccc2c(c1)CCC/C2=C/c1cccnc1. The van der Waals surface area contributed by atoms with Crippen LogP contribution in [0.4, 0.5) is 4.39 Å². The van der Waals surface area contributed by atoms with Gasteiger partial charge >= 0.3 is 0 Å². The van der Waals surface area contributed by atoms with Crippen molar-refractivity contribution in [2.75, 3.05) is 0 Å². The Morgan fingerprint density at radius 3 is 2.94 bits per heavy atom. The Hall–Kier alpha value is -1.96. The maximum atomic E-state index is 13.2. The van der Waals surface area contributed by atoms with E-state index >= 15 is 0 Å². The lowest BCUT2D eigenvalue weighted by molar-refractivity contribution is 0.623. The van der Waals surface area contributed by atoms with E-state index in [1.807, 2.05) is 24.4 Å². The van der Waals surface area contributed by atoms with Crippen molar-refractivity contribution in [3.63, 3.8) is 0 Å². The summed E-state index contributed by atoms with van der Waals surface area (Å²) in [4.78, 5) is 4.12. The minimum absolute atomic E-state index is 0.142. The van der Waals surface area contributed by atoms with Gasteiger partial charge in [0.15, 0.2) is 0 Å². The second-order valence-corrected chi connectivity index (χ2v) is 4.61. The Labute approximate surface area is 106 Å². The molecule has 0 fully saturated rings. The highest BCUT2D eigenvalue weighted by molar-refractivity contribution is 5.83. The smallest absolute Gasteiger partial charge is 0.123 e. The number of nitrogens with zero attached hydrogens (tertiary/aromatic N) is 1. The highest BCUT2D eigenvalue weighted by atomic mass is 19.1. The first kappa shape index (κ1) is 11.1. The van der Waals surface area contributed by atoms with Crippen molar-refractivity contribution in [3.05, 3.63) is 65.2 Å². The van der Waals surface area contributed by atoms with E-state index in [0.29, 0.717) is 0 Å². The van der Waals surface area contributed by atoms with E-state index in [9.17, 15) is 4.39 Å². The lowest BCUT2D eigenvalue weighted by Gasteiger charge is -2.19. The molecule has 1 aromatic carbocycles. The van der Waals surface area contributed by atoms with Crippen molar-refractivity contribution in [2.24, 2.45) is 0 Å². The lowest BCUT2D eigenvalue weighted by atomic mass is 9.86. The molecule has 0 aliphatic heterocycles. The maximum absolute atomic E-state index is 13.2. The number of aryl methyl sites for hydroxylation is 1. The van der Waals surface area contributed by atoms with E-state index in [-0.39, 0.29) is 5.82 Å². The van der Waals surface area contributed by atoms with Crippen molar-refractivity contribution in [2.45, 2.75) is 19.3 Å². The molecule has 1 aliphatic carbocycles. The molecule has 0 spiro atoms. The van der Waals surface area contributed by atoms with Crippen molar-refractivity contribution in [1.82, 2.24) is 4.98 Å². The van der Waals surface area contributed by atoms with Gasteiger partial charge in [-0.3, -0.25) is 4.98 Å². The fourth-order valence-corrected chi connectivity index (χ4v) is 2.50. The highest BCUT2D eigenvalue weighted by Crippen LogP contribution is 2.32. The van der Waals surface area contributed by atoms with Crippen molar-refractivity contribution in [3.8, 4) is 0 Å². The highest BCUT2D eigenvalue weighted by Gasteiger charge is 2.14. The number of pyridine rings is 1. The van der Waals surface area contributed by atoms with Gasteiger partial charge in [-0.2, -0.15) is 0 Å². The first-order valence-electron chi connectivity index (χ1n) is 6.22. The van der Waals surface area contributed by atoms with Crippen molar-refractivity contribution < 1.29 is 4.39 Å². The zero-order valence-electron chi connectivity index (χ0n) is 10.1. The molecule has 1 aromatic heterocycles. The number of fused-ring (bicyclic) bond motifs is 1. The van der Waals surface area contributed by atoms with Gasteiger partial charge in [0.2, 0.25) is 0 Å². The number of allylic oxidation sites excluding steroid dienone is 1. The Morgan fingerprint density at radius 1 is 1.17 bits per heavy atom. The summed E-state index contributed by atoms with van der Waals surface area (Å²) in [6.07, 6.45) is 8.88. The van der Waals surface area contributed by atoms with Gasteiger partial charge in [-0.1, -0.05) is 12.1 Å². The number of hydrogen-bond acceptors (Lipinski definition) is 1. The van der Waals surface area contributed by atoms with E-state index in [4.69, 9.17) is 0 Å². The summed E-state index contributed by atoms with van der Waals surface area (Å²) < 4.78 is 13.2. The number of aromatic nitrogens is 1. The maximum Gasteiger partial charge on any atom is 0.123 e. The second-order valence-electron chi connectivity index (χ2n) is 4.61. The number of rotatable bonds is 1. The van der Waals surface area contributed by atoms with Crippen molar-refractivity contribution >= 4 is 11.6 Å². The standard InChI is InChI=1S/C16H14FN/c17-15-6-7-16-13(4-1-5-14(16)10-15)9-12-3-2-8-18-11-12/h2-3,6-11H,1,4-5H2/b13-9-. The molecule has 18 heavy (non-hydrogen) atoms. The monoisotopic (exact) mass is 239 g/mol. The Kier molecular flexibility index (Phi) is 2.93. The van der Waals surface area contributed by atoms with Crippen LogP contribution in [-0.2, 0) is 6.42 Å². The topological polar surface area (TPSA) is 12.9 Å². The molecule has 0 atom stereocenters. The van der Waals surface area contributed by atoms with Gasteiger partial charge in [-0.15, -0.1) is 0 Å². The molecule has 0 unspecified atom stereocenters. The van der Waals surface area contributed by atoms with Crippen LogP contribution < -0.4 is 0 Å². The van der Waals surface area contributed by atoms with Gasteiger partial charge in [0.05, 0.1) is 0 Å². The molecule has 2 heteroatoms. The molecule has 0 saturated heterocycles. The van der Waals surface area contributed by atoms with Gasteiger partial charge in [-0.05, 0) is 65.8 Å². The molecule has 90 valence electrons. The second kappa shape index (κ2) is 4.73. The first-order valence-corrected chi connectivity index (χ1v) is 6.22. The van der Waals surface area contributed by atoms with E-state index in [1.54, 1.807) is 18.3 Å². The third-order valence-corrected chi connectivity index (χ3v) is 3.33. The van der Waals surface area contributed by atoms with E-state index in [2.05, 4.69) is 11.1 Å². The van der Waals surface area contributed by atoms with Gasteiger partial charge in [-0.25, -0.2) is 4.39 Å². The molecule has 0 amide bonds. The molecule has 1 heterocycles. The van der Waals surface area contributed by atoms with Gasteiger partial charge < -0.3 is 0 Å². The van der Waals surface area contributed by atoms with Crippen LogP contribution in [0.2, 0.25) is 0 Å². The summed E-state index contributed by atoms with van der Waals surface area (Å²) in [6, 6.07) is 9.07. The normalized spacial score (nSPS) is 16.6. The van der Waals surface area contributed by atoms with Crippen LogP contribution in [-0.4, -0.2) is 4.98 Å². The molecular formula is C16H14FN. The number of halogens is 1. The van der Waals surface area contributed by atoms with Gasteiger partial charge in [0.1, 0.15) is 5.82 Å². The summed E-state index contributed by atoms with van der Waals surface area (Å²) in [6.45, 7) is 0. The Balaban J connectivity index is 2.04. The number of benzene rings is 1. The molecule has 0 saturated carbocycles. The fraction of sp³-hybridized carbons (Fsp3) is 0.188. The molecule has 0 bridgehead atoms. The third kappa shape index (κ3) is 2.19. The average molecular weight is 239 g/mol. The molecule has 1 nitrogen and oxygen atoms in total. The van der Waals surface area contributed by atoms with Crippen LogP contribution in [0, 0.1) is 5.82 Å². The minimum atomic E-state index is -0.142. The molecular weight excluding hydrogens is 225 g/mol. The van der Waals surface area contributed by atoms with Crippen LogP contribution in [0.3, 0.4) is 0 Å². The van der Waals surface area contributed by atoms with Crippen LogP contribution in [0.5, 0.6) is 0 Å². The molecule has 0 radical (unpaired) electrons. The summed E-state index contributed by atoms with van der Waals surface area (Å²) in [5.74, 6) is -0.142. The fourth-order valence-electron chi connectivity index (χ4n) is 2.50.